The first-order valence-corrected chi connectivity index (χ1v) is 8.87. The van der Waals surface area contributed by atoms with Crippen molar-refractivity contribution in [1.29, 1.82) is 0 Å². The number of hydrogen-bond donors (Lipinski definition) is 2. The van der Waals surface area contributed by atoms with Gasteiger partial charge in [0.25, 0.3) is 0 Å². The zero-order valence-corrected chi connectivity index (χ0v) is 13.1. The Labute approximate surface area is 121 Å². The lowest BCUT2D eigenvalue weighted by molar-refractivity contribution is 0.424. The van der Waals surface area contributed by atoms with Gasteiger partial charge in [-0.1, -0.05) is 12.8 Å². The predicted octanol–water partition coefficient (Wildman–Crippen LogP) is 1.82. The summed E-state index contributed by atoms with van der Waals surface area (Å²) < 4.78 is 29.6. The van der Waals surface area contributed by atoms with Crippen molar-refractivity contribution in [1.82, 2.24) is 9.29 Å². The fraction of sp³-hybridized carbons (Fsp3) is 0.714. The third-order valence-electron chi connectivity index (χ3n) is 4.27. The molecule has 0 saturated heterocycles. The average Bonchev–Trinajstić information content (AvgIpc) is 3.07. The van der Waals surface area contributed by atoms with Crippen LogP contribution in [0.1, 0.15) is 45.2 Å². The van der Waals surface area contributed by atoms with E-state index in [4.69, 9.17) is 5.73 Å². The van der Waals surface area contributed by atoms with E-state index >= 15 is 0 Å². The average molecular weight is 299 g/mol. The smallest absolute Gasteiger partial charge is 0.242 e. The molecule has 5 nitrogen and oxygen atoms in total. The SMILES string of the molecule is CCn1cc(S(=O)(=O)NC(C)C2CCCC2)cc1CN. The van der Waals surface area contributed by atoms with Gasteiger partial charge in [-0.05, 0) is 38.7 Å². The summed E-state index contributed by atoms with van der Waals surface area (Å²) in [6, 6.07) is 1.67. The zero-order chi connectivity index (χ0) is 14.8. The molecule has 0 radical (unpaired) electrons. The molecule has 0 aliphatic heterocycles. The van der Waals surface area contributed by atoms with Gasteiger partial charge in [-0.3, -0.25) is 0 Å². The van der Waals surface area contributed by atoms with E-state index in [0.717, 1.165) is 25.1 Å². The molecule has 1 saturated carbocycles. The highest BCUT2D eigenvalue weighted by molar-refractivity contribution is 7.89. The molecule has 114 valence electrons. The van der Waals surface area contributed by atoms with Crippen LogP contribution in [0.2, 0.25) is 0 Å². The molecular weight excluding hydrogens is 274 g/mol. The summed E-state index contributed by atoms with van der Waals surface area (Å²) in [5.74, 6) is 0.465. The number of nitrogens with one attached hydrogen (secondary N) is 1. The zero-order valence-electron chi connectivity index (χ0n) is 12.3. The number of aromatic nitrogens is 1. The van der Waals surface area contributed by atoms with Crippen LogP contribution in [0.3, 0.4) is 0 Å². The number of sulfonamides is 1. The Morgan fingerprint density at radius 1 is 1.45 bits per heavy atom. The van der Waals surface area contributed by atoms with Gasteiger partial charge in [-0.15, -0.1) is 0 Å². The van der Waals surface area contributed by atoms with Crippen molar-refractivity contribution in [2.24, 2.45) is 11.7 Å². The van der Waals surface area contributed by atoms with E-state index in [0.29, 0.717) is 17.4 Å². The van der Waals surface area contributed by atoms with Gasteiger partial charge < -0.3 is 10.3 Å². The number of nitrogens with two attached hydrogens (primary N) is 1. The first-order chi connectivity index (χ1) is 9.47. The number of hydrogen-bond acceptors (Lipinski definition) is 3. The van der Waals surface area contributed by atoms with Gasteiger partial charge in [0.15, 0.2) is 0 Å². The lowest BCUT2D eigenvalue weighted by atomic mass is 10.0. The topological polar surface area (TPSA) is 77.1 Å². The molecule has 2 rings (SSSR count). The standard InChI is InChI=1S/C14H25N3O2S/c1-3-17-10-14(8-13(17)9-15)20(18,19)16-11(2)12-6-4-5-7-12/h8,10-12,16H,3-7,9,15H2,1-2H3. The Bertz CT molecular complexity index is 523. The van der Waals surface area contributed by atoms with Crippen molar-refractivity contribution < 1.29 is 8.42 Å². The molecule has 20 heavy (non-hydrogen) atoms. The van der Waals surface area contributed by atoms with Crippen molar-refractivity contribution in [3.05, 3.63) is 18.0 Å². The van der Waals surface area contributed by atoms with Gasteiger partial charge in [0, 0.05) is 31.0 Å². The van der Waals surface area contributed by atoms with Crippen LogP contribution in [-0.2, 0) is 23.1 Å². The van der Waals surface area contributed by atoms with Crippen LogP contribution >= 0.6 is 0 Å². The molecular formula is C14H25N3O2S. The summed E-state index contributed by atoms with van der Waals surface area (Å²) in [5.41, 5.74) is 6.50. The second-order valence-electron chi connectivity index (χ2n) is 5.61. The molecule has 0 spiro atoms. The Morgan fingerprint density at radius 3 is 2.60 bits per heavy atom. The van der Waals surface area contributed by atoms with Crippen molar-refractivity contribution >= 4 is 10.0 Å². The predicted molar refractivity (Wildman–Crippen MR) is 79.7 cm³/mol. The van der Waals surface area contributed by atoms with Crippen molar-refractivity contribution in [2.75, 3.05) is 0 Å². The summed E-state index contributed by atoms with van der Waals surface area (Å²) in [6.07, 6.45) is 6.33. The van der Waals surface area contributed by atoms with Crippen LogP contribution < -0.4 is 10.5 Å². The van der Waals surface area contributed by atoms with Crippen LogP contribution in [0.25, 0.3) is 0 Å². The summed E-state index contributed by atoms with van der Waals surface area (Å²) in [7, 11) is -3.45. The van der Waals surface area contributed by atoms with E-state index in [2.05, 4.69) is 4.72 Å². The van der Waals surface area contributed by atoms with Gasteiger partial charge in [0.05, 0.1) is 4.90 Å². The van der Waals surface area contributed by atoms with E-state index in [1.165, 1.54) is 12.8 Å². The van der Waals surface area contributed by atoms with Gasteiger partial charge >= 0.3 is 0 Å². The van der Waals surface area contributed by atoms with Gasteiger partial charge in [0.2, 0.25) is 10.0 Å². The molecule has 1 fully saturated rings. The maximum atomic E-state index is 12.4. The quantitative estimate of drug-likeness (QED) is 0.841. The maximum absolute atomic E-state index is 12.4. The monoisotopic (exact) mass is 299 g/mol. The lowest BCUT2D eigenvalue weighted by Gasteiger charge is -2.19. The minimum atomic E-state index is -3.45. The van der Waals surface area contributed by atoms with Crippen LogP contribution in [0.15, 0.2) is 17.2 Å². The molecule has 6 heteroatoms. The molecule has 1 aromatic rings. The molecule has 1 atom stereocenters. The van der Waals surface area contributed by atoms with E-state index in [9.17, 15) is 8.42 Å². The fourth-order valence-electron chi connectivity index (χ4n) is 3.00. The third kappa shape index (κ3) is 3.24. The lowest BCUT2D eigenvalue weighted by Crippen LogP contribution is -2.37. The molecule has 1 unspecified atom stereocenters. The van der Waals surface area contributed by atoms with Crippen LogP contribution in [0, 0.1) is 5.92 Å². The first-order valence-electron chi connectivity index (χ1n) is 7.39. The molecule has 1 aliphatic carbocycles. The number of aryl methyl sites for hydroxylation is 1. The largest absolute Gasteiger partial charge is 0.349 e. The Hall–Kier alpha value is -0.850. The van der Waals surface area contributed by atoms with Crippen LogP contribution in [0.5, 0.6) is 0 Å². The van der Waals surface area contributed by atoms with Crippen LogP contribution in [-0.4, -0.2) is 19.0 Å². The Kier molecular flexibility index (Phi) is 4.88. The molecule has 1 aromatic heterocycles. The summed E-state index contributed by atoms with van der Waals surface area (Å²) in [4.78, 5) is 0.324. The summed E-state index contributed by atoms with van der Waals surface area (Å²) >= 11 is 0. The molecule has 0 bridgehead atoms. The minimum Gasteiger partial charge on any atom is -0.349 e. The highest BCUT2D eigenvalue weighted by Crippen LogP contribution is 2.28. The van der Waals surface area contributed by atoms with Crippen LogP contribution in [0.4, 0.5) is 0 Å². The second kappa shape index (κ2) is 6.28. The van der Waals surface area contributed by atoms with E-state index < -0.39 is 10.0 Å². The number of rotatable bonds is 6. The molecule has 1 heterocycles. The molecule has 1 aliphatic rings. The highest BCUT2D eigenvalue weighted by atomic mass is 32.2. The van der Waals surface area contributed by atoms with Crippen molar-refractivity contribution in [3.8, 4) is 0 Å². The normalized spacial score (nSPS) is 18.6. The fourth-order valence-corrected chi connectivity index (χ4v) is 4.38. The third-order valence-corrected chi connectivity index (χ3v) is 5.79. The van der Waals surface area contributed by atoms with Crippen molar-refractivity contribution in [2.45, 2.75) is 63.6 Å². The first kappa shape index (κ1) is 15.5. The van der Waals surface area contributed by atoms with Gasteiger partial charge in [-0.25, -0.2) is 13.1 Å². The van der Waals surface area contributed by atoms with Gasteiger partial charge in [-0.2, -0.15) is 0 Å². The highest BCUT2D eigenvalue weighted by Gasteiger charge is 2.27. The second-order valence-corrected chi connectivity index (χ2v) is 7.33. The Balaban J connectivity index is 2.15. The summed E-state index contributed by atoms with van der Waals surface area (Å²) in [5, 5.41) is 0. The van der Waals surface area contributed by atoms with E-state index in [1.807, 2.05) is 18.4 Å². The van der Waals surface area contributed by atoms with E-state index in [-0.39, 0.29) is 6.04 Å². The Morgan fingerprint density at radius 2 is 2.10 bits per heavy atom. The van der Waals surface area contributed by atoms with Gasteiger partial charge in [0.1, 0.15) is 0 Å². The minimum absolute atomic E-state index is 0.00574. The molecule has 0 amide bonds. The maximum Gasteiger partial charge on any atom is 0.242 e. The van der Waals surface area contributed by atoms with Crippen molar-refractivity contribution in [3.63, 3.8) is 0 Å². The number of nitrogens with zero attached hydrogens (tertiary/aromatic N) is 1. The van der Waals surface area contributed by atoms with E-state index in [1.54, 1.807) is 12.3 Å². The summed E-state index contributed by atoms with van der Waals surface area (Å²) in [6.45, 7) is 5.01. The molecule has 0 aromatic carbocycles. The molecule has 3 N–H and O–H groups in total.